The first kappa shape index (κ1) is 13.7. The summed E-state index contributed by atoms with van der Waals surface area (Å²) in [5.74, 6) is 1.34. The van der Waals surface area contributed by atoms with Gasteiger partial charge in [0.2, 0.25) is 0 Å². The SMILES string of the molecule is Cc1ccnc(-c2ccc(Nc3cccc(C#N)n3)cc2)n1. The predicted octanol–water partition coefficient (Wildman–Crippen LogP) is 3.46. The smallest absolute Gasteiger partial charge is 0.159 e. The van der Waals surface area contributed by atoms with Crippen molar-refractivity contribution in [2.45, 2.75) is 6.92 Å². The van der Waals surface area contributed by atoms with Crippen molar-refractivity contribution in [3.05, 3.63) is 66.1 Å². The van der Waals surface area contributed by atoms with Crippen LogP contribution in [0.25, 0.3) is 11.4 Å². The molecule has 3 rings (SSSR count). The number of nitrogens with zero attached hydrogens (tertiary/aromatic N) is 4. The zero-order valence-electron chi connectivity index (χ0n) is 12.0. The Bertz CT molecular complexity index is 834. The van der Waals surface area contributed by atoms with Gasteiger partial charge in [-0.25, -0.2) is 15.0 Å². The highest BCUT2D eigenvalue weighted by atomic mass is 15.0. The van der Waals surface area contributed by atoms with Gasteiger partial charge >= 0.3 is 0 Å². The monoisotopic (exact) mass is 287 g/mol. The molecule has 3 aromatic rings. The number of rotatable bonds is 3. The van der Waals surface area contributed by atoms with Crippen molar-refractivity contribution in [1.29, 1.82) is 5.26 Å². The molecule has 0 unspecified atom stereocenters. The summed E-state index contributed by atoms with van der Waals surface area (Å²) in [5, 5.41) is 12.0. The fourth-order valence-corrected chi connectivity index (χ4v) is 2.01. The summed E-state index contributed by atoms with van der Waals surface area (Å²) in [7, 11) is 0. The Morgan fingerprint density at radius 1 is 1.00 bits per heavy atom. The molecule has 0 aliphatic rings. The van der Waals surface area contributed by atoms with Crippen LogP contribution < -0.4 is 5.32 Å². The average molecular weight is 287 g/mol. The van der Waals surface area contributed by atoms with E-state index in [0.29, 0.717) is 17.3 Å². The van der Waals surface area contributed by atoms with Gasteiger partial charge in [0, 0.05) is 23.1 Å². The van der Waals surface area contributed by atoms with E-state index in [9.17, 15) is 0 Å². The minimum Gasteiger partial charge on any atom is -0.340 e. The zero-order valence-corrected chi connectivity index (χ0v) is 12.0. The molecule has 5 heteroatoms. The number of nitriles is 1. The van der Waals surface area contributed by atoms with Crippen LogP contribution in [0.1, 0.15) is 11.4 Å². The molecule has 0 aliphatic carbocycles. The fraction of sp³-hybridized carbons (Fsp3) is 0.0588. The van der Waals surface area contributed by atoms with Gasteiger partial charge in [-0.1, -0.05) is 6.07 Å². The lowest BCUT2D eigenvalue weighted by atomic mass is 10.2. The molecule has 106 valence electrons. The summed E-state index contributed by atoms with van der Waals surface area (Å²) in [5.41, 5.74) is 3.16. The largest absolute Gasteiger partial charge is 0.340 e. The second kappa shape index (κ2) is 6.02. The van der Waals surface area contributed by atoms with Gasteiger partial charge in [-0.2, -0.15) is 5.26 Å². The molecular weight excluding hydrogens is 274 g/mol. The molecular formula is C17H13N5. The Kier molecular flexibility index (Phi) is 3.75. The van der Waals surface area contributed by atoms with Crippen LogP contribution in [0.2, 0.25) is 0 Å². The molecule has 0 saturated carbocycles. The van der Waals surface area contributed by atoms with E-state index < -0.39 is 0 Å². The Balaban J connectivity index is 1.81. The van der Waals surface area contributed by atoms with E-state index >= 15 is 0 Å². The van der Waals surface area contributed by atoms with E-state index in [0.717, 1.165) is 16.9 Å². The van der Waals surface area contributed by atoms with Crippen molar-refractivity contribution in [2.24, 2.45) is 0 Å². The Hall–Kier alpha value is -3.26. The lowest BCUT2D eigenvalue weighted by Crippen LogP contribution is -1.95. The molecule has 2 aromatic heterocycles. The Morgan fingerprint density at radius 2 is 1.82 bits per heavy atom. The summed E-state index contributed by atoms with van der Waals surface area (Å²) in [6, 6.07) is 16.9. The molecule has 0 spiro atoms. The number of benzene rings is 1. The number of hydrogen-bond donors (Lipinski definition) is 1. The zero-order chi connectivity index (χ0) is 15.4. The van der Waals surface area contributed by atoms with Crippen LogP contribution in [0.5, 0.6) is 0 Å². The predicted molar refractivity (Wildman–Crippen MR) is 84.4 cm³/mol. The van der Waals surface area contributed by atoms with E-state index in [1.54, 1.807) is 18.3 Å². The molecule has 0 fully saturated rings. The first-order valence-corrected chi connectivity index (χ1v) is 6.79. The molecule has 1 aromatic carbocycles. The minimum atomic E-state index is 0.384. The first-order valence-electron chi connectivity index (χ1n) is 6.79. The van der Waals surface area contributed by atoms with Crippen LogP contribution >= 0.6 is 0 Å². The van der Waals surface area contributed by atoms with Crippen molar-refractivity contribution in [3.8, 4) is 17.5 Å². The molecule has 0 bridgehead atoms. The number of anilines is 2. The molecule has 0 atom stereocenters. The number of hydrogen-bond acceptors (Lipinski definition) is 5. The molecule has 5 nitrogen and oxygen atoms in total. The van der Waals surface area contributed by atoms with Crippen LogP contribution in [0.4, 0.5) is 11.5 Å². The minimum absolute atomic E-state index is 0.384. The third-order valence-electron chi connectivity index (χ3n) is 3.07. The van der Waals surface area contributed by atoms with Crippen molar-refractivity contribution < 1.29 is 0 Å². The number of aryl methyl sites for hydroxylation is 1. The third kappa shape index (κ3) is 3.07. The first-order chi connectivity index (χ1) is 10.7. The summed E-state index contributed by atoms with van der Waals surface area (Å²) >= 11 is 0. The van der Waals surface area contributed by atoms with E-state index in [-0.39, 0.29) is 0 Å². The van der Waals surface area contributed by atoms with Gasteiger partial charge in [-0.15, -0.1) is 0 Å². The fourth-order valence-electron chi connectivity index (χ4n) is 2.01. The third-order valence-corrected chi connectivity index (χ3v) is 3.07. The molecule has 2 heterocycles. The Labute approximate surface area is 128 Å². The second-order valence-electron chi connectivity index (χ2n) is 4.74. The maximum Gasteiger partial charge on any atom is 0.159 e. The van der Waals surface area contributed by atoms with Crippen LogP contribution in [0.15, 0.2) is 54.7 Å². The molecule has 22 heavy (non-hydrogen) atoms. The molecule has 0 saturated heterocycles. The van der Waals surface area contributed by atoms with Gasteiger partial charge in [0.25, 0.3) is 0 Å². The molecule has 0 radical (unpaired) electrons. The molecule has 0 aliphatic heterocycles. The van der Waals surface area contributed by atoms with Crippen molar-refractivity contribution >= 4 is 11.5 Å². The quantitative estimate of drug-likeness (QED) is 0.798. The summed E-state index contributed by atoms with van der Waals surface area (Å²) in [4.78, 5) is 12.8. The van der Waals surface area contributed by atoms with Gasteiger partial charge in [-0.05, 0) is 49.4 Å². The lowest BCUT2D eigenvalue weighted by Gasteiger charge is -2.07. The average Bonchev–Trinajstić information content (AvgIpc) is 2.56. The van der Waals surface area contributed by atoms with E-state index in [1.165, 1.54) is 0 Å². The van der Waals surface area contributed by atoms with E-state index in [2.05, 4.69) is 20.3 Å². The van der Waals surface area contributed by atoms with Gasteiger partial charge in [-0.3, -0.25) is 0 Å². The highest BCUT2D eigenvalue weighted by Gasteiger charge is 2.02. The normalized spacial score (nSPS) is 10.0. The summed E-state index contributed by atoms with van der Waals surface area (Å²) < 4.78 is 0. The van der Waals surface area contributed by atoms with Gasteiger partial charge in [0.05, 0.1) is 0 Å². The lowest BCUT2D eigenvalue weighted by molar-refractivity contribution is 1.11. The van der Waals surface area contributed by atoms with E-state index in [4.69, 9.17) is 5.26 Å². The van der Waals surface area contributed by atoms with Gasteiger partial charge in [0.15, 0.2) is 5.82 Å². The van der Waals surface area contributed by atoms with Crippen LogP contribution in [-0.2, 0) is 0 Å². The highest BCUT2D eigenvalue weighted by Crippen LogP contribution is 2.20. The number of aromatic nitrogens is 3. The van der Waals surface area contributed by atoms with Gasteiger partial charge in [0.1, 0.15) is 17.6 Å². The molecule has 0 amide bonds. The summed E-state index contributed by atoms with van der Waals surface area (Å²) in [6.45, 7) is 1.94. The van der Waals surface area contributed by atoms with Crippen molar-refractivity contribution in [1.82, 2.24) is 15.0 Å². The topological polar surface area (TPSA) is 74.5 Å². The standard InChI is InChI=1S/C17H13N5/c1-12-9-10-19-17(20-12)13-5-7-14(8-6-13)21-16-4-2-3-15(11-18)22-16/h2-10H,1H3,(H,21,22). The van der Waals surface area contributed by atoms with Crippen molar-refractivity contribution in [3.63, 3.8) is 0 Å². The van der Waals surface area contributed by atoms with E-state index in [1.807, 2.05) is 49.4 Å². The number of nitrogens with one attached hydrogen (secondary N) is 1. The molecule has 1 N–H and O–H groups in total. The highest BCUT2D eigenvalue weighted by molar-refractivity contribution is 5.63. The maximum absolute atomic E-state index is 8.86. The van der Waals surface area contributed by atoms with Crippen LogP contribution in [0, 0.1) is 18.3 Å². The second-order valence-corrected chi connectivity index (χ2v) is 4.74. The van der Waals surface area contributed by atoms with Crippen molar-refractivity contribution in [2.75, 3.05) is 5.32 Å². The number of pyridine rings is 1. The summed E-state index contributed by atoms with van der Waals surface area (Å²) in [6.07, 6.45) is 1.75. The Morgan fingerprint density at radius 3 is 2.55 bits per heavy atom. The van der Waals surface area contributed by atoms with Gasteiger partial charge < -0.3 is 5.32 Å². The maximum atomic E-state index is 8.86. The van der Waals surface area contributed by atoms with Crippen LogP contribution in [0.3, 0.4) is 0 Å². The van der Waals surface area contributed by atoms with Crippen LogP contribution in [-0.4, -0.2) is 15.0 Å².